The van der Waals surface area contributed by atoms with Crippen LogP contribution in [0.3, 0.4) is 0 Å². The van der Waals surface area contributed by atoms with Gasteiger partial charge < -0.3 is 4.74 Å². The number of benzene rings is 1. The van der Waals surface area contributed by atoms with Crippen molar-refractivity contribution in [3.8, 4) is 0 Å². The summed E-state index contributed by atoms with van der Waals surface area (Å²) in [5, 5.41) is 0. The molecule has 3 aliphatic carbocycles. The lowest BCUT2D eigenvalue weighted by Crippen LogP contribution is -2.28. The summed E-state index contributed by atoms with van der Waals surface area (Å²) in [6.45, 7) is 4.71. The van der Waals surface area contributed by atoms with Crippen LogP contribution in [0.25, 0.3) is 0 Å². The zero-order valence-corrected chi connectivity index (χ0v) is 22.1. The molecule has 0 amide bonds. The highest BCUT2D eigenvalue weighted by molar-refractivity contribution is 5.36. The van der Waals surface area contributed by atoms with Crippen molar-refractivity contribution in [1.82, 2.24) is 0 Å². The molecule has 0 spiro atoms. The first-order valence-corrected chi connectivity index (χ1v) is 14.9. The highest BCUT2D eigenvalue weighted by Crippen LogP contribution is 2.45. The SMILES string of the molecule is CCCCCC1CCC(c2ccc(C3CCC(C4CCC(OC)CC4)CC3)c(CC)c2)CC1. The smallest absolute Gasteiger partial charge is 0.0571 e. The lowest BCUT2D eigenvalue weighted by atomic mass is 9.69. The van der Waals surface area contributed by atoms with E-state index in [0.29, 0.717) is 6.10 Å². The van der Waals surface area contributed by atoms with E-state index in [1.807, 2.05) is 7.11 Å². The van der Waals surface area contributed by atoms with Crippen LogP contribution in [-0.4, -0.2) is 13.2 Å². The van der Waals surface area contributed by atoms with Gasteiger partial charge in [0.2, 0.25) is 0 Å². The summed E-state index contributed by atoms with van der Waals surface area (Å²) >= 11 is 0. The first-order chi connectivity index (χ1) is 16.2. The van der Waals surface area contributed by atoms with Gasteiger partial charge in [0.05, 0.1) is 6.10 Å². The Kier molecular flexibility index (Phi) is 9.77. The number of ether oxygens (including phenoxy) is 1. The van der Waals surface area contributed by atoms with Gasteiger partial charge in [0, 0.05) is 7.11 Å². The van der Waals surface area contributed by atoms with Gasteiger partial charge in [0.1, 0.15) is 0 Å². The average molecular weight is 453 g/mol. The van der Waals surface area contributed by atoms with E-state index in [1.54, 1.807) is 16.7 Å². The second kappa shape index (κ2) is 12.8. The monoisotopic (exact) mass is 452 g/mol. The quantitative estimate of drug-likeness (QED) is 0.339. The molecule has 1 heteroatoms. The Morgan fingerprint density at radius 1 is 0.727 bits per heavy atom. The molecular weight excluding hydrogens is 400 g/mol. The second-order valence-corrected chi connectivity index (χ2v) is 11.9. The molecule has 186 valence electrons. The molecule has 0 N–H and O–H groups in total. The van der Waals surface area contributed by atoms with Crippen molar-refractivity contribution in [2.75, 3.05) is 7.11 Å². The van der Waals surface area contributed by atoms with Crippen LogP contribution < -0.4 is 0 Å². The first kappa shape index (κ1) is 25.3. The Bertz CT molecular complexity index is 684. The minimum atomic E-state index is 0.541. The van der Waals surface area contributed by atoms with Crippen LogP contribution in [0.15, 0.2) is 18.2 Å². The van der Waals surface area contributed by atoms with Crippen LogP contribution in [0.4, 0.5) is 0 Å². The Morgan fingerprint density at radius 2 is 1.36 bits per heavy atom. The molecule has 0 saturated heterocycles. The molecule has 1 aromatic carbocycles. The molecule has 1 aromatic rings. The summed E-state index contributed by atoms with van der Waals surface area (Å²) in [6.07, 6.45) is 24.4. The molecule has 0 heterocycles. The van der Waals surface area contributed by atoms with E-state index >= 15 is 0 Å². The Balaban J connectivity index is 1.29. The van der Waals surface area contributed by atoms with E-state index < -0.39 is 0 Å². The average Bonchev–Trinajstić information content (AvgIpc) is 2.89. The van der Waals surface area contributed by atoms with E-state index in [2.05, 4.69) is 32.0 Å². The topological polar surface area (TPSA) is 9.23 Å². The zero-order chi connectivity index (χ0) is 23.0. The fraction of sp³-hybridized carbons (Fsp3) is 0.812. The third-order valence-electron chi connectivity index (χ3n) is 10.0. The van der Waals surface area contributed by atoms with E-state index in [-0.39, 0.29) is 0 Å². The van der Waals surface area contributed by atoms with Gasteiger partial charge in [-0.25, -0.2) is 0 Å². The fourth-order valence-corrected chi connectivity index (χ4v) is 7.75. The van der Waals surface area contributed by atoms with Crippen molar-refractivity contribution in [1.29, 1.82) is 0 Å². The molecule has 0 bridgehead atoms. The van der Waals surface area contributed by atoms with Crippen molar-refractivity contribution < 1.29 is 4.74 Å². The van der Waals surface area contributed by atoms with Crippen LogP contribution in [-0.2, 0) is 11.2 Å². The van der Waals surface area contributed by atoms with Crippen molar-refractivity contribution in [3.05, 3.63) is 34.9 Å². The van der Waals surface area contributed by atoms with Gasteiger partial charge in [-0.05, 0) is 130 Å². The van der Waals surface area contributed by atoms with Gasteiger partial charge in [-0.15, -0.1) is 0 Å². The predicted octanol–water partition coefficient (Wildman–Crippen LogP) is 9.58. The molecule has 33 heavy (non-hydrogen) atoms. The van der Waals surface area contributed by atoms with Crippen LogP contribution >= 0.6 is 0 Å². The normalized spacial score (nSPS) is 33.2. The number of hydrogen-bond acceptors (Lipinski definition) is 1. The first-order valence-electron chi connectivity index (χ1n) is 14.9. The summed E-state index contributed by atoms with van der Waals surface area (Å²) in [7, 11) is 1.90. The maximum atomic E-state index is 5.61. The molecule has 3 fully saturated rings. The van der Waals surface area contributed by atoms with Crippen molar-refractivity contribution in [2.24, 2.45) is 17.8 Å². The third-order valence-corrected chi connectivity index (χ3v) is 10.0. The number of hydrogen-bond donors (Lipinski definition) is 0. The molecule has 0 aromatic heterocycles. The summed E-state index contributed by atoms with van der Waals surface area (Å²) in [5.74, 6) is 4.61. The molecule has 0 radical (unpaired) electrons. The lowest BCUT2D eigenvalue weighted by molar-refractivity contribution is 0.0410. The zero-order valence-electron chi connectivity index (χ0n) is 22.1. The molecule has 3 saturated carbocycles. The number of unbranched alkanes of at least 4 members (excludes halogenated alkanes) is 2. The summed E-state index contributed by atoms with van der Waals surface area (Å²) in [6, 6.07) is 7.74. The number of aryl methyl sites for hydroxylation is 1. The van der Waals surface area contributed by atoms with Gasteiger partial charge in [0.15, 0.2) is 0 Å². The van der Waals surface area contributed by atoms with Crippen LogP contribution in [0, 0.1) is 17.8 Å². The summed E-state index contributed by atoms with van der Waals surface area (Å²) in [4.78, 5) is 0. The largest absolute Gasteiger partial charge is 0.381 e. The van der Waals surface area contributed by atoms with E-state index in [0.717, 1.165) is 29.6 Å². The second-order valence-electron chi connectivity index (χ2n) is 11.9. The Morgan fingerprint density at radius 3 is 1.97 bits per heavy atom. The molecule has 1 nitrogen and oxygen atoms in total. The highest BCUT2D eigenvalue weighted by atomic mass is 16.5. The number of rotatable bonds is 9. The van der Waals surface area contributed by atoms with E-state index in [9.17, 15) is 0 Å². The molecule has 0 atom stereocenters. The van der Waals surface area contributed by atoms with Crippen LogP contribution in [0.1, 0.15) is 145 Å². The van der Waals surface area contributed by atoms with Gasteiger partial charge in [-0.1, -0.05) is 57.7 Å². The van der Waals surface area contributed by atoms with Gasteiger partial charge >= 0.3 is 0 Å². The van der Waals surface area contributed by atoms with Crippen molar-refractivity contribution in [3.63, 3.8) is 0 Å². The minimum Gasteiger partial charge on any atom is -0.381 e. The van der Waals surface area contributed by atoms with E-state index in [1.165, 1.54) is 109 Å². The van der Waals surface area contributed by atoms with Gasteiger partial charge in [-0.3, -0.25) is 0 Å². The minimum absolute atomic E-state index is 0.541. The Hall–Kier alpha value is -0.820. The number of methoxy groups -OCH3 is 1. The highest BCUT2D eigenvalue weighted by Gasteiger charge is 2.32. The molecule has 4 rings (SSSR count). The molecule has 0 unspecified atom stereocenters. The fourth-order valence-electron chi connectivity index (χ4n) is 7.75. The van der Waals surface area contributed by atoms with Gasteiger partial charge in [0.25, 0.3) is 0 Å². The maximum absolute atomic E-state index is 5.61. The molecule has 3 aliphatic rings. The maximum Gasteiger partial charge on any atom is 0.0571 e. The van der Waals surface area contributed by atoms with Crippen molar-refractivity contribution >= 4 is 0 Å². The third kappa shape index (κ3) is 6.65. The van der Waals surface area contributed by atoms with Crippen molar-refractivity contribution in [2.45, 2.75) is 141 Å². The van der Waals surface area contributed by atoms with E-state index in [4.69, 9.17) is 4.74 Å². The van der Waals surface area contributed by atoms with Gasteiger partial charge in [-0.2, -0.15) is 0 Å². The summed E-state index contributed by atoms with van der Waals surface area (Å²) in [5.41, 5.74) is 5.03. The lowest BCUT2D eigenvalue weighted by Gasteiger charge is -2.38. The molecular formula is C32H52O. The molecule has 0 aliphatic heterocycles. The van der Waals surface area contributed by atoms with Crippen LogP contribution in [0.5, 0.6) is 0 Å². The standard InChI is InChI=1S/C32H52O/c1-4-6-7-8-24-9-11-28(12-10-24)30-19-22-32(25(5-2)23-30)29-15-13-26(14-16-29)27-17-20-31(33-3)21-18-27/h19,22-24,26-29,31H,4-18,20-21H2,1-3H3. The Labute approximate surface area is 205 Å². The predicted molar refractivity (Wildman–Crippen MR) is 142 cm³/mol. The van der Waals surface area contributed by atoms with Crippen LogP contribution in [0.2, 0.25) is 0 Å². The summed E-state index contributed by atoms with van der Waals surface area (Å²) < 4.78 is 5.61.